The first-order chi connectivity index (χ1) is 5.04. The smallest absolute Gasteiger partial charge is 0.310 e. The third kappa shape index (κ3) is 1.75. The minimum atomic E-state index is -0.814. The molecule has 1 aliphatic rings. The summed E-state index contributed by atoms with van der Waals surface area (Å²) >= 11 is 0. The van der Waals surface area contributed by atoms with Crippen LogP contribution < -0.4 is 5.06 Å². The van der Waals surface area contributed by atoms with E-state index in [0.29, 0.717) is 0 Å². The molecule has 0 spiro atoms. The van der Waals surface area contributed by atoms with Gasteiger partial charge >= 0.3 is 5.91 Å². The molecular formula is C6H12N2O3. The Morgan fingerprint density at radius 1 is 1.45 bits per heavy atom. The molecule has 0 radical (unpaired) electrons. The molecule has 0 bridgehead atoms. The van der Waals surface area contributed by atoms with E-state index < -0.39 is 10.6 Å². The maximum absolute atomic E-state index is 11.4. The molecule has 0 aromatic carbocycles. The highest BCUT2D eigenvalue weighted by molar-refractivity contribution is 5.65. The molecule has 0 aliphatic carbocycles. The lowest BCUT2D eigenvalue weighted by atomic mass is 10.3. The minimum absolute atomic E-state index is 0.0934. The molecule has 1 saturated heterocycles. The van der Waals surface area contributed by atoms with Gasteiger partial charge in [-0.05, 0) is 0 Å². The number of hydrogen-bond donors (Lipinski definition) is 1. The second-order valence-corrected chi connectivity index (χ2v) is 2.89. The van der Waals surface area contributed by atoms with Gasteiger partial charge in [-0.15, -0.1) is 0 Å². The van der Waals surface area contributed by atoms with Gasteiger partial charge in [0.1, 0.15) is 26.2 Å². The van der Waals surface area contributed by atoms with Gasteiger partial charge in [-0.3, -0.25) is 4.65 Å². The van der Waals surface area contributed by atoms with Gasteiger partial charge in [-0.2, -0.15) is 0 Å². The highest BCUT2D eigenvalue weighted by atomic mass is 16.6. The van der Waals surface area contributed by atoms with E-state index in [2.05, 4.69) is 0 Å². The number of nitrogens with one attached hydrogen (secondary N) is 1. The van der Waals surface area contributed by atoms with Crippen LogP contribution >= 0.6 is 0 Å². The van der Waals surface area contributed by atoms with E-state index in [4.69, 9.17) is 0 Å². The molecule has 0 unspecified atom stereocenters. The van der Waals surface area contributed by atoms with Crippen molar-refractivity contribution in [2.45, 2.75) is 6.92 Å². The Hall–Kier alpha value is -0.490. The molecule has 1 N–H and O–H groups in total. The van der Waals surface area contributed by atoms with Crippen LogP contribution in [-0.4, -0.2) is 36.7 Å². The van der Waals surface area contributed by atoms with E-state index in [1.54, 1.807) is 0 Å². The van der Waals surface area contributed by atoms with Crippen molar-refractivity contribution in [2.75, 3.05) is 26.2 Å². The molecule has 64 valence electrons. The fraction of sp³-hybridized carbons (Fsp3) is 0.833. The third-order valence-electron chi connectivity index (χ3n) is 2.08. The molecule has 1 heterocycles. The maximum atomic E-state index is 11.4. The molecule has 1 aliphatic heterocycles. The molecule has 0 aromatic heterocycles. The Kier molecular flexibility index (Phi) is 2.24. The molecule has 1 amide bonds. The Balaban J connectivity index is 2.55. The summed E-state index contributed by atoms with van der Waals surface area (Å²) in [5.74, 6) is -0.391. The summed E-state index contributed by atoms with van der Waals surface area (Å²) in [5, 5.41) is 22.2. The highest BCUT2D eigenvalue weighted by Gasteiger charge is 2.29. The Morgan fingerprint density at radius 2 is 1.91 bits per heavy atom. The largest absolute Gasteiger partial charge is 0.634 e. The van der Waals surface area contributed by atoms with E-state index in [0.717, 1.165) is 0 Å². The number of nitrogens with zero attached hydrogens (tertiary/aromatic N) is 1. The van der Waals surface area contributed by atoms with Crippen LogP contribution in [0.25, 0.3) is 0 Å². The van der Waals surface area contributed by atoms with Crippen molar-refractivity contribution in [3.05, 3.63) is 10.4 Å². The van der Waals surface area contributed by atoms with Gasteiger partial charge in [-0.25, -0.2) is 4.79 Å². The molecule has 11 heavy (non-hydrogen) atoms. The van der Waals surface area contributed by atoms with Crippen molar-refractivity contribution in [3.8, 4) is 0 Å². The van der Waals surface area contributed by atoms with E-state index in [1.165, 1.54) is 6.92 Å². The van der Waals surface area contributed by atoms with Crippen LogP contribution in [0.5, 0.6) is 0 Å². The average Bonchev–Trinajstić information content (AvgIpc) is 1.95. The number of hydroxylamine groups is 5. The van der Waals surface area contributed by atoms with Gasteiger partial charge in [0.15, 0.2) is 0 Å². The van der Waals surface area contributed by atoms with Crippen LogP contribution in [0, 0.1) is 10.4 Å². The van der Waals surface area contributed by atoms with Crippen LogP contribution in [0.15, 0.2) is 0 Å². The molecule has 5 heteroatoms. The number of hydrogen-bond acceptors (Lipinski definition) is 3. The van der Waals surface area contributed by atoms with Crippen molar-refractivity contribution >= 4 is 5.91 Å². The number of amides is 1. The molecule has 0 saturated carbocycles. The topological polar surface area (TPSA) is 67.6 Å². The van der Waals surface area contributed by atoms with E-state index >= 15 is 0 Å². The van der Waals surface area contributed by atoms with Crippen LogP contribution in [0.3, 0.4) is 0 Å². The quantitative estimate of drug-likeness (QED) is 0.337. The highest BCUT2D eigenvalue weighted by Crippen LogP contribution is 2.04. The average molecular weight is 160 g/mol. The number of rotatable bonds is 0. The van der Waals surface area contributed by atoms with Crippen molar-refractivity contribution < 1.29 is 14.5 Å². The van der Waals surface area contributed by atoms with Gasteiger partial charge in [-0.1, -0.05) is 0 Å². The van der Waals surface area contributed by atoms with Crippen molar-refractivity contribution in [2.24, 2.45) is 0 Å². The first-order valence-corrected chi connectivity index (χ1v) is 3.65. The Bertz CT molecular complexity index is 163. The summed E-state index contributed by atoms with van der Waals surface area (Å²) in [6.45, 7) is 2.05. The van der Waals surface area contributed by atoms with Gasteiger partial charge in [0, 0.05) is 0 Å². The van der Waals surface area contributed by atoms with Crippen LogP contribution in [0.1, 0.15) is 6.92 Å². The van der Waals surface area contributed by atoms with Crippen LogP contribution in [0.2, 0.25) is 0 Å². The Labute approximate surface area is 64.9 Å². The zero-order chi connectivity index (χ0) is 8.48. The van der Waals surface area contributed by atoms with Crippen LogP contribution in [0.4, 0.5) is 0 Å². The van der Waals surface area contributed by atoms with Gasteiger partial charge < -0.3 is 15.5 Å². The fourth-order valence-corrected chi connectivity index (χ4v) is 1.16. The fourth-order valence-electron chi connectivity index (χ4n) is 1.16. The summed E-state index contributed by atoms with van der Waals surface area (Å²) in [6, 6.07) is 0. The van der Waals surface area contributed by atoms with Crippen molar-refractivity contribution in [1.29, 1.82) is 0 Å². The lowest BCUT2D eigenvalue weighted by molar-refractivity contribution is -0.943. The van der Waals surface area contributed by atoms with Crippen LogP contribution in [-0.2, 0) is 4.79 Å². The number of carbonyl (C=O) groups excluding carboxylic acids is 1. The molecule has 0 atom stereocenters. The summed E-state index contributed by atoms with van der Waals surface area (Å²) in [6.07, 6.45) is 0. The standard InChI is InChI=1S/C6H12N2O3/c1-6(9)8(11)4-2-7(10)3-5-8/h7H,2-5H2,1H3. The van der Waals surface area contributed by atoms with Gasteiger partial charge in [0.2, 0.25) is 0 Å². The molecule has 5 nitrogen and oxygen atoms in total. The number of carbonyl (C=O) groups is 1. The molecular weight excluding hydrogens is 148 g/mol. The number of quaternary nitrogens is 2. The van der Waals surface area contributed by atoms with E-state index in [-0.39, 0.29) is 31.2 Å². The predicted molar refractivity (Wildman–Crippen MR) is 38.1 cm³/mol. The van der Waals surface area contributed by atoms with Crippen molar-refractivity contribution in [3.63, 3.8) is 0 Å². The van der Waals surface area contributed by atoms with E-state index in [1.807, 2.05) is 0 Å². The summed E-state index contributed by atoms with van der Waals surface area (Å²) < 4.78 is -0.814. The van der Waals surface area contributed by atoms with Gasteiger partial charge in [0.25, 0.3) is 0 Å². The monoisotopic (exact) mass is 160 g/mol. The SMILES string of the molecule is CC(=O)[N+]1([O-])CC[NH+]([O-])CC1. The second kappa shape index (κ2) is 2.86. The lowest BCUT2D eigenvalue weighted by Crippen LogP contribution is -3.11. The second-order valence-electron chi connectivity index (χ2n) is 2.89. The number of piperazine rings is 1. The first-order valence-electron chi connectivity index (χ1n) is 3.65. The maximum Gasteiger partial charge on any atom is 0.310 e. The normalized spacial score (nSPS) is 38.6. The van der Waals surface area contributed by atoms with Crippen molar-refractivity contribution in [1.82, 2.24) is 0 Å². The zero-order valence-corrected chi connectivity index (χ0v) is 6.50. The lowest BCUT2D eigenvalue weighted by Gasteiger charge is -2.44. The summed E-state index contributed by atoms with van der Waals surface area (Å²) in [7, 11) is 0. The summed E-state index contributed by atoms with van der Waals surface area (Å²) in [4.78, 5) is 10.8. The zero-order valence-electron chi connectivity index (χ0n) is 6.50. The Morgan fingerprint density at radius 3 is 2.27 bits per heavy atom. The molecule has 0 aromatic rings. The first kappa shape index (κ1) is 8.61. The minimum Gasteiger partial charge on any atom is -0.634 e. The third-order valence-corrected chi connectivity index (χ3v) is 2.08. The molecule has 1 fully saturated rings. The predicted octanol–water partition coefficient (Wildman–Crippen LogP) is -1.76. The molecule has 1 rings (SSSR count). The summed E-state index contributed by atoms with van der Waals surface area (Å²) in [5.41, 5.74) is 0. The van der Waals surface area contributed by atoms with Gasteiger partial charge in [0.05, 0.1) is 6.92 Å². The van der Waals surface area contributed by atoms with E-state index in [9.17, 15) is 15.2 Å².